The summed E-state index contributed by atoms with van der Waals surface area (Å²) >= 11 is 12.2. The molecule has 1 aromatic carbocycles. The first-order valence-electron chi connectivity index (χ1n) is 5.86. The van der Waals surface area contributed by atoms with Crippen molar-refractivity contribution in [2.75, 3.05) is 6.54 Å². The lowest BCUT2D eigenvalue weighted by Crippen LogP contribution is -2.12. The Morgan fingerprint density at radius 1 is 1.39 bits per heavy atom. The first kappa shape index (κ1) is 13.4. The van der Waals surface area contributed by atoms with Crippen molar-refractivity contribution in [3.63, 3.8) is 0 Å². The van der Waals surface area contributed by atoms with Gasteiger partial charge in [-0.25, -0.2) is 4.98 Å². The molecule has 0 spiro atoms. The largest absolute Gasteiger partial charge is 0.342 e. The molecule has 1 heterocycles. The Bertz CT molecular complexity index is 533. The minimum absolute atomic E-state index is 0.247. The third-order valence-electron chi connectivity index (χ3n) is 3.00. The molecule has 0 saturated heterocycles. The molecule has 3 nitrogen and oxygen atoms in total. The van der Waals surface area contributed by atoms with E-state index >= 15 is 0 Å². The molecule has 0 saturated carbocycles. The van der Waals surface area contributed by atoms with Gasteiger partial charge in [-0.3, -0.25) is 0 Å². The van der Waals surface area contributed by atoms with Crippen LogP contribution in [0.15, 0.2) is 24.4 Å². The van der Waals surface area contributed by atoms with Gasteiger partial charge in [0.1, 0.15) is 5.82 Å². The Hall–Kier alpha value is -1.03. The molecule has 0 aliphatic rings. The highest BCUT2D eigenvalue weighted by atomic mass is 35.5. The second-order valence-corrected chi connectivity index (χ2v) is 4.91. The zero-order valence-corrected chi connectivity index (χ0v) is 11.6. The number of hydrogen-bond acceptors (Lipinski definition) is 2. The number of nitrogens with two attached hydrogens (primary N) is 1. The topological polar surface area (TPSA) is 54.7 Å². The molecule has 0 amide bonds. The number of aromatic nitrogens is 2. The number of nitrogens with one attached hydrogen (secondary N) is 1. The number of imidazole rings is 1. The summed E-state index contributed by atoms with van der Waals surface area (Å²) < 4.78 is 0. The molecule has 2 rings (SSSR count). The molecular weight excluding hydrogens is 269 g/mol. The minimum atomic E-state index is 0.247. The molecule has 0 aliphatic heterocycles. The standard InChI is InChI=1S/C13H15Cl2N3/c1-2-8(6-16)13-17-7-11(18-13)9-4-3-5-10(14)12(9)15/h3-5,7-8H,2,6,16H2,1H3,(H,17,18). The van der Waals surface area contributed by atoms with Crippen molar-refractivity contribution in [1.82, 2.24) is 9.97 Å². The summed E-state index contributed by atoms with van der Waals surface area (Å²) in [6.07, 6.45) is 2.72. The fourth-order valence-electron chi connectivity index (χ4n) is 1.86. The summed E-state index contributed by atoms with van der Waals surface area (Å²) in [5.74, 6) is 1.14. The first-order valence-corrected chi connectivity index (χ1v) is 6.62. The molecule has 18 heavy (non-hydrogen) atoms. The van der Waals surface area contributed by atoms with E-state index in [9.17, 15) is 0 Å². The molecule has 2 aromatic rings. The Labute approximate surface area is 116 Å². The lowest BCUT2D eigenvalue weighted by Gasteiger charge is -2.08. The van der Waals surface area contributed by atoms with Crippen LogP contribution in [0.2, 0.25) is 10.0 Å². The summed E-state index contributed by atoms with van der Waals surface area (Å²) in [7, 11) is 0. The van der Waals surface area contributed by atoms with Gasteiger partial charge in [-0.15, -0.1) is 0 Å². The second kappa shape index (κ2) is 5.74. The van der Waals surface area contributed by atoms with E-state index in [4.69, 9.17) is 28.9 Å². The van der Waals surface area contributed by atoms with E-state index in [0.29, 0.717) is 16.6 Å². The van der Waals surface area contributed by atoms with Crippen LogP contribution in [0.25, 0.3) is 11.3 Å². The maximum Gasteiger partial charge on any atom is 0.110 e. The molecule has 0 radical (unpaired) electrons. The van der Waals surface area contributed by atoms with Gasteiger partial charge in [-0.2, -0.15) is 0 Å². The van der Waals surface area contributed by atoms with Crippen LogP contribution in [0.5, 0.6) is 0 Å². The number of rotatable bonds is 4. The van der Waals surface area contributed by atoms with E-state index in [0.717, 1.165) is 23.5 Å². The van der Waals surface area contributed by atoms with Crippen molar-refractivity contribution >= 4 is 23.2 Å². The number of H-pyrrole nitrogens is 1. The van der Waals surface area contributed by atoms with Crippen LogP contribution in [0.3, 0.4) is 0 Å². The molecule has 1 atom stereocenters. The Balaban J connectivity index is 2.38. The van der Waals surface area contributed by atoms with Crippen LogP contribution in [-0.4, -0.2) is 16.5 Å². The average Bonchev–Trinajstić information content (AvgIpc) is 2.84. The van der Waals surface area contributed by atoms with Gasteiger partial charge in [-0.1, -0.05) is 42.3 Å². The monoisotopic (exact) mass is 283 g/mol. The van der Waals surface area contributed by atoms with E-state index in [2.05, 4.69) is 16.9 Å². The van der Waals surface area contributed by atoms with Gasteiger partial charge in [0.2, 0.25) is 0 Å². The maximum atomic E-state index is 6.18. The van der Waals surface area contributed by atoms with E-state index < -0.39 is 0 Å². The normalized spacial score (nSPS) is 12.7. The third-order valence-corrected chi connectivity index (χ3v) is 3.82. The number of benzene rings is 1. The molecule has 3 N–H and O–H groups in total. The van der Waals surface area contributed by atoms with Gasteiger partial charge in [0, 0.05) is 18.0 Å². The highest BCUT2D eigenvalue weighted by Gasteiger charge is 2.14. The quantitative estimate of drug-likeness (QED) is 0.896. The van der Waals surface area contributed by atoms with Gasteiger partial charge in [-0.05, 0) is 12.5 Å². The van der Waals surface area contributed by atoms with Crippen LogP contribution in [-0.2, 0) is 0 Å². The smallest absolute Gasteiger partial charge is 0.110 e. The third kappa shape index (κ3) is 2.53. The van der Waals surface area contributed by atoms with E-state index in [-0.39, 0.29) is 5.92 Å². The van der Waals surface area contributed by atoms with Gasteiger partial charge >= 0.3 is 0 Å². The van der Waals surface area contributed by atoms with Crippen LogP contribution < -0.4 is 5.73 Å². The zero-order chi connectivity index (χ0) is 13.1. The fourth-order valence-corrected chi connectivity index (χ4v) is 2.27. The van der Waals surface area contributed by atoms with Crippen molar-refractivity contribution in [2.45, 2.75) is 19.3 Å². The Kier molecular flexibility index (Phi) is 4.27. The highest BCUT2D eigenvalue weighted by Crippen LogP contribution is 2.33. The van der Waals surface area contributed by atoms with Crippen molar-refractivity contribution < 1.29 is 0 Å². The number of hydrogen-bond donors (Lipinski definition) is 2. The average molecular weight is 284 g/mol. The molecular formula is C13H15Cl2N3. The van der Waals surface area contributed by atoms with E-state index in [1.807, 2.05) is 12.1 Å². The lowest BCUT2D eigenvalue weighted by molar-refractivity contribution is 0.639. The van der Waals surface area contributed by atoms with Gasteiger partial charge in [0.25, 0.3) is 0 Å². The number of halogens is 2. The predicted molar refractivity (Wildman–Crippen MR) is 76.1 cm³/mol. The minimum Gasteiger partial charge on any atom is -0.342 e. The van der Waals surface area contributed by atoms with Crippen molar-refractivity contribution in [3.05, 3.63) is 40.3 Å². The molecule has 0 fully saturated rings. The molecule has 0 bridgehead atoms. The lowest BCUT2D eigenvalue weighted by atomic mass is 10.1. The number of aromatic amines is 1. The van der Waals surface area contributed by atoms with Crippen molar-refractivity contribution in [1.29, 1.82) is 0 Å². The molecule has 0 aliphatic carbocycles. The van der Waals surface area contributed by atoms with Gasteiger partial charge < -0.3 is 10.7 Å². The highest BCUT2D eigenvalue weighted by molar-refractivity contribution is 6.43. The van der Waals surface area contributed by atoms with Crippen molar-refractivity contribution in [3.8, 4) is 11.3 Å². The Morgan fingerprint density at radius 2 is 2.17 bits per heavy atom. The van der Waals surface area contributed by atoms with Crippen LogP contribution in [0.4, 0.5) is 0 Å². The number of nitrogens with zero attached hydrogens (tertiary/aromatic N) is 1. The summed E-state index contributed by atoms with van der Waals surface area (Å²) in [5, 5.41) is 1.08. The Morgan fingerprint density at radius 3 is 2.83 bits per heavy atom. The summed E-state index contributed by atoms with van der Waals surface area (Å²) in [6, 6.07) is 5.54. The van der Waals surface area contributed by atoms with Gasteiger partial charge in [0.15, 0.2) is 0 Å². The zero-order valence-electron chi connectivity index (χ0n) is 10.1. The van der Waals surface area contributed by atoms with Crippen LogP contribution in [0.1, 0.15) is 25.1 Å². The summed E-state index contributed by atoms with van der Waals surface area (Å²) in [6.45, 7) is 2.67. The SMILES string of the molecule is CCC(CN)c1ncc(-c2cccc(Cl)c2Cl)[nH]1. The molecule has 5 heteroatoms. The van der Waals surface area contributed by atoms with E-state index in [1.165, 1.54) is 0 Å². The maximum absolute atomic E-state index is 6.18. The van der Waals surface area contributed by atoms with Crippen molar-refractivity contribution in [2.24, 2.45) is 5.73 Å². The first-order chi connectivity index (χ1) is 8.67. The predicted octanol–water partition coefficient (Wildman–Crippen LogP) is 3.84. The summed E-state index contributed by atoms with van der Waals surface area (Å²) in [4.78, 5) is 7.63. The molecule has 1 unspecified atom stereocenters. The van der Waals surface area contributed by atoms with Gasteiger partial charge in [0.05, 0.1) is 21.9 Å². The second-order valence-electron chi connectivity index (χ2n) is 4.12. The molecule has 1 aromatic heterocycles. The summed E-state index contributed by atoms with van der Waals surface area (Å²) in [5.41, 5.74) is 7.43. The van der Waals surface area contributed by atoms with Crippen LogP contribution in [0, 0.1) is 0 Å². The van der Waals surface area contributed by atoms with E-state index in [1.54, 1.807) is 12.3 Å². The fraction of sp³-hybridized carbons (Fsp3) is 0.308. The van der Waals surface area contributed by atoms with Crippen LogP contribution >= 0.6 is 23.2 Å². The molecule has 96 valence electrons.